The van der Waals surface area contributed by atoms with Crippen molar-refractivity contribution in [2.75, 3.05) is 13.7 Å². The van der Waals surface area contributed by atoms with Gasteiger partial charge in [0.15, 0.2) is 5.11 Å². The van der Waals surface area contributed by atoms with Crippen LogP contribution in [0.2, 0.25) is 0 Å². The summed E-state index contributed by atoms with van der Waals surface area (Å²) >= 11 is 4.78. The number of methoxy groups -OCH3 is 1. The molecule has 0 spiro atoms. The number of rotatable bonds is 6. The first-order valence-corrected chi connectivity index (χ1v) is 7.04. The van der Waals surface area contributed by atoms with Gasteiger partial charge in [0.25, 0.3) is 0 Å². The number of para-hydroxylation sites is 1. The van der Waals surface area contributed by atoms with Gasteiger partial charge in [0.05, 0.1) is 7.11 Å². The quantitative estimate of drug-likeness (QED) is 0.486. The SMILES string of the molecule is COc1ccc(/C(COc2ccccc2)=N\NC(N)=S)cc1. The minimum Gasteiger partial charge on any atom is -0.497 e. The molecule has 0 radical (unpaired) electrons. The lowest BCUT2D eigenvalue weighted by molar-refractivity contribution is 0.376. The second kappa shape index (κ2) is 7.99. The van der Waals surface area contributed by atoms with Crippen LogP contribution in [0.3, 0.4) is 0 Å². The molecule has 22 heavy (non-hydrogen) atoms. The van der Waals surface area contributed by atoms with Crippen LogP contribution in [0, 0.1) is 0 Å². The zero-order valence-corrected chi connectivity index (χ0v) is 13.0. The van der Waals surface area contributed by atoms with Crippen LogP contribution in [0.15, 0.2) is 59.7 Å². The van der Waals surface area contributed by atoms with E-state index >= 15 is 0 Å². The summed E-state index contributed by atoms with van der Waals surface area (Å²) in [5.74, 6) is 1.54. The van der Waals surface area contributed by atoms with E-state index in [1.165, 1.54) is 0 Å². The minimum atomic E-state index is 0.103. The lowest BCUT2D eigenvalue weighted by Crippen LogP contribution is -2.27. The molecule has 0 saturated carbocycles. The van der Waals surface area contributed by atoms with Crippen molar-refractivity contribution in [3.8, 4) is 11.5 Å². The molecule has 0 aliphatic heterocycles. The molecular formula is C16H17N3O2S. The molecule has 5 nitrogen and oxygen atoms in total. The van der Waals surface area contributed by atoms with Crippen LogP contribution in [0.5, 0.6) is 11.5 Å². The van der Waals surface area contributed by atoms with Gasteiger partial charge in [-0.3, -0.25) is 5.43 Å². The van der Waals surface area contributed by atoms with E-state index in [9.17, 15) is 0 Å². The first-order valence-electron chi connectivity index (χ1n) is 6.63. The Labute approximate surface area is 134 Å². The molecule has 0 bridgehead atoms. The maximum atomic E-state index is 5.73. The molecule has 0 saturated heterocycles. The third-order valence-electron chi connectivity index (χ3n) is 2.84. The van der Waals surface area contributed by atoms with Crippen LogP contribution in [0.25, 0.3) is 0 Å². The van der Waals surface area contributed by atoms with Crippen LogP contribution >= 0.6 is 12.2 Å². The summed E-state index contributed by atoms with van der Waals surface area (Å²) in [5, 5.41) is 4.30. The van der Waals surface area contributed by atoms with Crippen LogP contribution in [0.1, 0.15) is 5.56 Å². The Morgan fingerprint density at radius 2 is 1.77 bits per heavy atom. The monoisotopic (exact) mass is 315 g/mol. The fourth-order valence-corrected chi connectivity index (χ4v) is 1.80. The Morgan fingerprint density at radius 3 is 2.36 bits per heavy atom. The second-order valence-electron chi connectivity index (χ2n) is 4.36. The molecule has 2 rings (SSSR count). The van der Waals surface area contributed by atoms with E-state index in [-0.39, 0.29) is 11.7 Å². The first-order chi connectivity index (χ1) is 10.7. The van der Waals surface area contributed by atoms with Crippen LogP contribution in [0.4, 0.5) is 0 Å². The van der Waals surface area contributed by atoms with Gasteiger partial charge in [-0.1, -0.05) is 18.2 Å². The van der Waals surface area contributed by atoms with Gasteiger partial charge in [-0.2, -0.15) is 5.10 Å². The molecule has 0 unspecified atom stereocenters. The average Bonchev–Trinajstić information content (AvgIpc) is 2.56. The van der Waals surface area contributed by atoms with Gasteiger partial charge in [0, 0.05) is 5.56 Å². The summed E-state index contributed by atoms with van der Waals surface area (Å²) in [4.78, 5) is 0. The van der Waals surface area contributed by atoms with Crippen molar-refractivity contribution >= 4 is 23.0 Å². The molecule has 2 aromatic rings. The molecule has 3 N–H and O–H groups in total. The van der Waals surface area contributed by atoms with E-state index < -0.39 is 0 Å². The fourth-order valence-electron chi connectivity index (χ4n) is 1.75. The standard InChI is InChI=1S/C16H17N3O2S/c1-20-13-9-7-12(8-10-13)15(18-19-16(17)22)11-21-14-5-3-2-4-6-14/h2-10H,11H2,1H3,(H3,17,19,22)/b18-15-. The van der Waals surface area contributed by atoms with Crippen LogP contribution < -0.4 is 20.6 Å². The number of hydrazone groups is 1. The highest BCUT2D eigenvalue weighted by Crippen LogP contribution is 2.14. The van der Waals surface area contributed by atoms with E-state index in [0.29, 0.717) is 5.71 Å². The Balaban J connectivity index is 2.14. The highest BCUT2D eigenvalue weighted by atomic mass is 32.1. The number of hydrogen-bond donors (Lipinski definition) is 2. The fraction of sp³-hybridized carbons (Fsp3) is 0.125. The smallest absolute Gasteiger partial charge is 0.184 e. The molecule has 0 aromatic heterocycles. The van der Waals surface area contributed by atoms with Crippen molar-refractivity contribution < 1.29 is 9.47 Å². The number of nitrogens with two attached hydrogens (primary N) is 1. The average molecular weight is 315 g/mol. The predicted octanol–water partition coefficient (Wildman–Crippen LogP) is 2.31. The van der Waals surface area contributed by atoms with Gasteiger partial charge in [-0.15, -0.1) is 0 Å². The third kappa shape index (κ3) is 4.75. The lowest BCUT2D eigenvalue weighted by atomic mass is 10.1. The van der Waals surface area contributed by atoms with Gasteiger partial charge < -0.3 is 15.2 Å². The first kappa shape index (κ1) is 15.8. The highest BCUT2D eigenvalue weighted by Gasteiger charge is 2.06. The second-order valence-corrected chi connectivity index (χ2v) is 4.80. The highest BCUT2D eigenvalue weighted by molar-refractivity contribution is 7.80. The van der Waals surface area contributed by atoms with Crippen LogP contribution in [-0.2, 0) is 0 Å². The molecule has 0 aliphatic carbocycles. The van der Waals surface area contributed by atoms with Crippen molar-refractivity contribution in [1.29, 1.82) is 0 Å². The lowest BCUT2D eigenvalue weighted by Gasteiger charge is -2.10. The number of nitrogens with one attached hydrogen (secondary N) is 1. The summed E-state index contributed by atoms with van der Waals surface area (Å²) in [7, 11) is 1.62. The number of ether oxygens (including phenoxy) is 2. The molecule has 114 valence electrons. The summed E-state index contributed by atoms with van der Waals surface area (Å²) in [5.41, 5.74) is 9.59. The van der Waals surface area contributed by atoms with Crippen molar-refractivity contribution in [1.82, 2.24) is 5.43 Å². The molecular weight excluding hydrogens is 298 g/mol. The van der Waals surface area contributed by atoms with E-state index in [4.69, 9.17) is 27.4 Å². The normalized spacial score (nSPS) is 10.9. The molecule has 2 aromatic carbocycles. The van der Waals surface area contributed by atoms with Gasteiger partial charge in [0.2, 0.25) is 0 Å². The molecule has 0 atom stereocenters. The number of hydrogen-bond acceptors (Lipinski definition) is 4. The third-order valence-corrected chi connectivity index (χ3v) is 2.93. The van der Waals surface area contributed by atoms with Crippen LogP contribution in [-0.4, -0.2) is 24.5 Å². The van der Waals surface area contributed by atoms with E-state index in [0.717, 1.165) is 17.1 Å². The van der Waals surface area contributed by atoms with E-state index in [2.05, 4.69) is 10.5 Å². The molecule has 6 heteroatoms. The van der Waals surface area contributed by atoms with E-state index in [1.54, 1.807) is 7.11 Å². The number of benzene rings is 2. The predicted molar refractivity (Wildman–Crippen MR) is 91.4 cm³/mol. The Hall–Kier alpha value is -2.60. The Morgan fingerprint density at radius 1 is 1.09 bits per heavy atom. The maximum absolute atomic E-state index is 5.73. The summed E-state index contributed by atoms with van der Waals surface area (Å²) in [6.07, 6.45) is 0. The molecule has 0 aliphatic rings. The van der Waals surface area contributed by atoms with E-state index in [1.807, 2.05) is 54.6 Å². The van der Waals surface area contributed by atoms with Crippen molar-refractivity contribution in [3.05, 3.63) is 60.2 Å². The van der Waals surface area contributed by atoms with Gasteiger partial charge in [0.1, 0.15) is 23.8 Å². The van der Waals surface area contributed by atoms with Crippen molar-refractivity contribution in [2.45, 2.75) is 0 Å². The maximum Gasteiger partial charge on any atom is 0.184 e. The van der Waals surface area contributed by atoms with Gasteiger partial charge in [-0.25, -0.2) is 0 Å². The molecule has 0 amide bonds. The molecule has 0 heterocycles. The zero-order valence-electron chi connectivity index (χ0n) is 12.2. The Kier molecular flexibility index (Phi) is 5.73. The van der Waals surface area contributed by atoms with Gasteiger partial charge >= 0.3 is 0 Å². The van der Waals surface area contributed by atoms with Crippen molar-refractivity contribution in [2.24, 2.45) is 10.8 Å². The minimum absolute atomic E-state index is 0.103. The van der Waals surface area contributed by atoms with Gasteiger partial charge in [-0.05, 0) is 48.6 Å². The summed E-state index contributed by atoms with van der Waals surface area (Å²) < 4.78 is 10.9. The zero-order chi connectivity index (χ0) is 15.8. The Bertz CT molecular complexity index is 642. The van der Waals surface area contributed by atoms with Crippen molar-refractivity contribution in [3.63, 3.8) is 0 Å². The number of nitrogens with zero attached hydrogens (tertiary/aromatic N) is 1. The molecule has 0 fully saturated rings. The number of thiocarbonyl (C=S) groups is 1. The summed E-state index contributed by atoms with van der Waals surface area (Å²) in [6, 6.07) is 17.0. The summed E-state index contributed by atoms with van der Waals surface area (Å²) in [6.45, 7) is 0.284. The largest absolute Gasteiger partial charge is 0.497 e. The topological polar surface area (TPSA) is 68.9 Å².